The molecule has 1 aromatic carbocycles. The summed E-state index contributed by atoms with van der Waals surface area (Å²) in [5.41, 5.74) is 4.36. The Morgan fingerprint density at radius 1 is 1.04 bits per heavy atom. The Morgan fingerprint density at radius 2 is 1.78 bits per heavy atom. The van der Waals surface area contributed by atoms with Crippen molar-refractivity contribution in [3.05, 3.63) is 70.3 Å². The molecule has 0 aliphatic carbocycles. The summed E-state index contributed by atoms with van der Waals surface area (Å²) in [6.07, 6.45) is 4.56. The lowest BCUT2D eigenvalue weighted by Crippen LogP contribution is -2.22. The number of nitrogens with zero attached hydrogens (tertiary/aromatic N) is 4. The first kappa shape index (κ1) is 19.1. The van der Waals surface area contributed by atoms with E-state index in [2.05, 4.69) is 31.2 Å². The molecule has 140 valence electrons. The van der Waals surface area contributed by atoms with E-state index in [1.165, 1.54) is 5.56 Å². The molecule has 5 nitrogen and oxygen atoms in total. The summed E-state index contributed by atoms with van der Waals surface area (Å²) >= 11 is 6.42. The molecule has 3 rings (SSSR count). The molecule has 0 bridgehead atoms. The average Bonchev–Trinajstić information content (AvgIpc) is 2.63. The molecule has 2 heterocycles. The number of rotatable bonds is 6. The van der Waals surface area contributed by atoms with Crippen LogP contribution >= 0.6 is 11.6 Å². The molecular weight excluding hydrogens is 358 g/mol. The van der Waals surface area contributed by atoms with Gasteiger partial charge in [-0.15, -0.1) is 0 Å². The van der Waals surface area contributed by atoms with Gasteiger partial charge in [0.25, 0.3) is 0 Å². The standard InChI is InChI=1S/C21H24ClN5/c1-14-11-15(2)21(18(22)12-14)26-19-13-20(25-16(3)24-19)27(4)10-7-17-5-8-23-9-6-17/h5-6,8-9,11-13H,7,10H2,1-4H3,(H,24,25,26). The molecule has 0 fully saturated rings. The van der Waals surface area contributed by atoms with Crippen molar-refractivity contribution >= 4 is 28.9 Å². The monoisotopic (exact) mass is 381 g/mol. The van der Waals surface area contributed by atoms with Gasteiger partial charge in [-0.3, -0.25) is 4.98 Å². The van der Waals surface area contributed by atoms with Gasteiger partial charge in [-0.05, 0) is 62.1 Å². The van der Waals surface area contributed by atoms with Gasteiger partial charge in [0.15, 0.2) is 0 Å². The number of aryl methyl sites for hydroxylation is 3. The molecule has 27 heavy (non-hydrogen) atoms. The van der Waals surface area contributed by atoms with Gasteiger partial charge < -0.3 is 10.2 Å². The summed E-state index contributed by atoms with van der Waals surface area (Å²) in [6.45, 7) is 6.82. The number of benzene rings is 1. The zero-order valence-corrected chi connectivity index (χ0v) is 16.9. The molecular formula is C21H24ClN5. The number of halogens is 1. The molecule has 2 aromatic heterocycles. The molecule has 0 atom stereocenters. The zero-order valence-electron chi connectivity index (χ0n) is 16.1. The van der Waals surface area contributed by atoms with Crippen LogP contribution in [0.5, 0.6) is 0 Å². The number of nitrogens with one attached hydrogen (secondary N) is 1. The van der Waals surface area contributed by atoms with E-state index in [1.54, 1.807) is 0 Å². The van der Waals surface area contributed by atoms with Crippen LogP contribution in [0.25, 0.3) is 0 Å². The van der Waals surface area contributed by atoms with Crippen LogP contribution in [-0.4, -0.2) is 28.5 Å². The molecule has 3 aromatic rings. The maximum absolute atomic E-state index is 6.42. The minimum Gasteiger partial charge on any atom is -0.359 e. The van der Waals surface area contributed by atoms with Gasteiger partial charge in [0.05, 0.1) is 10.7 Å². The Labute approximate surface area is 165 Å². The van der Waals surface area contributed by atoms with E-state index in [9.17, 15) is 0 Å². The summed E-state index contributed by atoms with van der Waals surface area (Å²) in [5.74, 6) is 2.33. The third-order valence-corrected chi connectivity index (χ3v) is 4.68. The van der Waals surface area contributed by atoms with Crippen LogP contribution in [0.3, 0.4) is 0 Å². The molecule has 0 radical (unpaired) electrons. The van der Waals surface area contributed by atoms with Crippen LogP contribution in [0, 0.1) is 20.8 Å². The average molecular weight is 382 g/mol. The Balaban J connectivity index is 1.78. The smallest absolute Gasteiger partial charge is 0.136 e. The maximum atomic E-state index is 6.42. The first-order chi connectivity index (χ1) is 12.9. The molecule has 0 spiro atoms. The van der Waals surface area contributed by atoms with E-state index < -0.39 is 0 Å². The molecule has 0 saturated heterocycles. The molecule has 0 amide bonds. The first-order valence-corrected chi connectivity index (χ1v) is 9.29. The van der Waals surface area contributed by atoms with E-state index in [1.807, 2.05) is 64.5 Å². The fourth-order valence-corrected chi connectivity index (χ4v) is 3.34. The molecule has 0 aliphatic rings. The third kappa shape index (κ3) is 4.95. The van der Waals surface area contributed by atoms with Crippen LogP contribution in [-0.2, 0) is 6.42 Å². The van der Waals surface area contributed by atoms with Gasteiger partial charge in [0.2, 0.25) is 0 Å². The van der Waals surface area contributed by atoms with Gasteiger partial charge in [-0.25, -0.2) is 9.97 Å². The Kier molecular flexibility index (Phi) is 5.91. The highest BCUT2D eigenvalue weighted by Gasteiger charge is 2.10. The minimum absolute atomic E-state index is 0.691. The second-order valence-corrected chi connectivity index (χ2v) is 7.16. The molecule has 0 aliphatic heterocycles. The summed E-state index contributed by atoms with van der Waals surface area (Å²) in [6, 6.07) is 10.1. The summed E-state index contributed by atoms with van der Waals surface area (Å²) in [7, 11) is 2.04. The van der Waals surface area contributed by atoms with Crippen molar-refractivity contribution in [2.45, 2.75) is 27.2 Å². The number of hydrogen-bond acceptors (Lipinski definition) is 5. The summed E-state index contributed by atoms with van der Waals surface area (Å²) in [5, 5.41) is 4.05. The van der Waals surface area contributed by atoms with Crippen molar-refractivity contribution in [2.24, 2.45) is 0 Å². The number of pyridine rings is 1. The Hall–Kier alpha value is -2.66. The summed E-state index contributed by atoms with van der Waals surface area (Å²) < 4.78 is 0. The summed E-state index contributed by atoms with van der Waals surface area (Å²) in [4.78, 5) is 15.3. The third-order valence-electron chi connectivity index (χ3n) is 4.39. The fraction of sp³-hybridized carbons (Fsp3) is 0.286. The van der Waals surface area contributed by atoms with E-state index in [-0.39, 0.29) is 0 Å². The van der Waals surface area contributed by atoms with Crippen LogP contribution in [0.15, 0.2) is 42.7 Å². The highest BCUT2D eigenvalue weighted by atomic mass is 35.5. The van der Waals surface area contributed by atoms with Crippen LogP contribution < -0.4 is 10.2 Å². The topological polar surface area (TPSA) is 53.9 Å². The van der Waals surface area contributed by atoms with Crippen molar-refractivity contribution < 1.29 is 0 Å². The van der Waals surface area contributed by atoms with E-state index in [0.29, 0.717) is 10.8 Å². The van der Waals surface area contributed by atoms with Crippen LogP contribution in [0.4, 0.5) is 17.3 Å². The predicted octanol–water partition coefficient (Wildman–Crippen LogP) is 4.87. The van der Waals surface area contributed by atoms with Gasteiger partial charge in [0.1, 0.15) is 17.5 Å². The van der Waals surface area contributed by atoms with E-state index in [0.717, 1.165) is 41.4 Å². The Bertz CT molecular complexity index is 904. The van der Waals surface area contributed by atoms with E-state index >= 15 is 0 Å². The number of anilines is 3. The number of aromatic nitrogens is 3. The van der Waals surface area contributed by atoms with Crippen molar-refractivity contribution in [1.29, 1.82) is 0 Å². The van der Waals surface area contributed by atoms with Crippen molar-refractivity contribution in [2.75, 3.05) is 23.8 Å². The fourth-order valence-electron chi connectivity index (χ4n) is 2.97. The van der Waals surface area contributed by atoms with Crippen molar-refractivity contribution in [3.8, 4) is 0 Å². The SMILES string of the molecule is Cc1cc(C)c(Nc2cc(N(C)CCc3ccncc3)nc(C)n2)c(Cl)c1. The lowest BCUT2D eigenvalue weighted by atomic mass is 10.1. The highest BCUT2D eigenvalue weighted by Crippen LogP contribution is 2.30. The Morgan fingerprint density at radius 3 is 2.48 bits per heavy atom. The largest absolute Gasteiger partial charge is 0.359 e. The molecule has 1 N–H and O–H groups in total. The number of likely N-dealkylation sites (N-methyl/N-ethyl adjacent to an activating group) is 1. The number of hydrogen-bond donors (Lipinski definition) is 1. The van der Waals surface area contributed by atoms with Gasteiger partial charge in [-0.2, -0.15) is 0 Å². The van der Waals surface area contributed by atoms with Gasteiger partial charge in [-0.1, -0.05) is 17.7 Å². The molecule has 0 unspecified atom stereocenters. The first-order valence-electron chi connectivity index (χ1n) is 8.92. The van der Waals surface area contributed by atoms with Crippen LogP contribution in [0.2, 0.25) is 5.02 Å². The van der Waals surface area contributed by atoms with Crippen molar-refractivity contribution in [1.82, 2.24) is 15.0 Å². The highest BCUT2D eigenvalue weighted by molar-refractivity contribution is 6.33. The van der Waals surface area contributed by atoms with Gasteiger partial charge >= 0.3 is 0 Å². The van der Waals surface area contributed by atoms with Gasteiger partial charge in [0, 0.05) is 32.1 Å². The van der Waals surface area contributed by atoms with Crippen molar-refractivity contribution in [3.63, 3.8) is 0 Å². The quantitative estimate of drug-likeness (QED) is 0.659. The minimum atomic E-state index is 0.691. The van der Waals surface area contributed by atoms with E-state index in [4.69, 9.17) is 11.6 Å². The normalized spacial score (nSPS) is 10.7. The lowest BCUT2D eigenvalue weighted by molar-refractivity contribution is 0.848. The maximum Gasteiger partial charge on any atom is 0.136 e. The predicted molar refractivity (Wildman–Crippen MR) is 112 cm³/mol. The van der Waals surface area contributed by atoms with Crippen LogP contribution in [0.1, 0.15) is 22.5 Å². The molecule has 0 saturated carbocycles. The second kappa shape index (κ2) is 8.35. The second-order valence-electron chi connectivity index (χ2n) is 6.75. The zero-order chi connectivity index (χ0) is 19.4. The lowest BCUT2D eigenvalue weighted by Gasteiger charge is -2.20. The molecule has 6 heteroatoms.